The molecule has 178 valence electrons. The number of ether oxygens (including phenoxy) is 1. The Hall–Kier alpha value is -3.16. The highest BCUT2D eigenvalue weighted by Crippen LogP contribution is 2.46. The molecule has 1 fully saturated rings. The fourth-order valence-corrected chi connectivity index (χ4v) is 5.47. The number of likely N-dealkylation sites (N-methyl/N-ethyl adjacent to an activating group) is 1. The minimum atomic E-state index is -0.472. The Morgan fingerprint density at radius 3 is 2.44 bits per heavy atom. The van der Waals surface area contributed by atoms with Gasteiger partial charge in [-0.3, -0.25) is 9.59 Å². The van der Waals surface area contributed by atoms with Crippen LogP contribution in [0.25, 0.3) is 10.9 Å². The first kappa shape index (κ1) is 22.6. The van der Waals surface area contributed by atoms with Gasteiger partial charge in [-0.05, 0) is 24.7 Å². The quantitative estimate of drug-likeness (QED) is 0.588. The van der Waals surface area contributed by atoms with Crippen molar-refractivity contribution in [1.29, 1.82) is 0 Å². The summed E-state index contributed by atoms with van der Waals surface area (Å²) < 4.78 is 7.47. The zero-order chi connectivity index (χ0) is 23.8. The summed E-state index contributed by atoms with van der Waals surface area (Å²) >= 11 is 0. The molecule has 2 amide bonds. The molecule has 1 aromatic heterocycles. The highest BCUT2D eigenvalue weighted by Gasteiger charge is 2.46. The molecule has 2 atom stereocenters. The van der Waals surface area contributed by atoms with Crippen LogP contribution in [-0.4, -0.2) is 84.6 Å². The van der Waals surface area contributed by atoms with Crippen molar-refractivity contribution in [2.24, 2.45) is 7.05 Å². The summed E-state index contributed by atoms with van der Waals surface area (Å²) in [6, 6.07) is 15.4. The predicted molar refractivity (Wildman–Crippen MR) is 132 cm³/mol. The average Bonchev–Trinajstić information content (AvgIpc) is 3.19. The van der Waals surface area contributed by atoms with Crippen LogP contribution in [0.5, 0.6) is 0 Å². The maximum Gasteiger partial charge on any atom is 0.254 e. The number of benzene rings is 2. The summed E-state index contributed by atoms with van der Waals surface area (Å²) in [6.07, 6.45) is 2.08. The molecule has 0 bridgehead atoms. The number of hydrogen-bond donors (Lipinski definition) is 0. The van der Waals surface area contributed by atoms with Gasteiger partial charge in [-0.1, -0.05) is 36.4 Å². The Kier molecular flexibility index (Phi) is 6.15. The number of methoxy groups -OCH3 is 1. The van der Waals surface area contributed by atoms with Crippen molar-refractivity contribution in [3.05, 3.63) is 71.4 Å². The van der Waals surface area contributed by atoms with Crippen molar-refractivity contribution < 1.29 is 14.3 Å². The Morgan fingerprint density at radius 1 is 0.971 bits per heavy atom. The fourth-order valence-electron chi connectivity index (χ4n) is 5.47. The van der Waals surface area contributed by atoms with E-state index in [0.29, 0.717) is 31.8 Å². The molecule has 0 spiro atoms. The standard InChI is InChI=1S/C27H32N4O3/c1-28-12-14-30(15-13-28)27(33)24-20-9-4-5-10-21(20)26(32)31(16-17-34-3)25(24)22-18-29(2)23-11-7-6-8-19(22)23/h4-11,18,24-25H,12-17H2,1-3H3. The number of nitrogens with zero attached hydrogens (tertiary/aromatic N) is 4. The topological polar surface area (TPSA) is 58.0 Å². The average molecular weight is 461 g/mol. The van der Waals surface area contributed by atoms with Crippen molar-refractivity contribution in [3.8, 4) is 0 Å². The molecule has 34 heavy (non-hydrogen) atoms. The number of fused-ring (bicyclic) bond motifs is 2. The smallest absolute Gasteiger partial charge is 0.254 e. The molecule has 2 aliphatic heterocycles. The number of aryl methyl sites for hydroxylation is 1. The van der Waals surface area contributed by atoms with E-state index in [1.807, 2.05) is 53.2 Å². The van der Waals surface area contributed by atoms with E-state index in [2.05, 4.69) is 34.8 Å². The summed E-state index contributed by atoms with van der Waals surface area (Å²) in [5, 5.41) is 1.07. The second kappa shape index (κ2) is 9.24. The van der Waals surface area contributed by atoms with E-state index in [0.717, 1.165) is 35.1 Å². The van der Waals surface area contributed by atoms with Crippen LogP contribution in [0.2, 0.25) is 0 Å². The Balaban J connectivity index is 1.69. The van der Waals surface area contributed by atoms with Crippen LogP contribution < -0.4 is 0 Å². The van der Waals surface area contributed by atoms with E-state index in [1.165, 1.54) is 0 Å². The number of hydrogen-bond acceptors (Lipinski definition) is 4. The van der Waals surface area contributed by atoms with Gasteiger partial charge in [0, 0.05) is 75.1 Å². The molecule has 0 saturated carbocycles. The Labute approximate surface area is 200 Å². The van der Waals surface area contributed by atoms with Crippen molar-refractivity contribution in [2.45, 2.75) is 12.0 Å². The number of aromatic nitrogens is 1. The van der Waals surface area contributed by atoms with Crippen LogP contribution in [0.3, 0.4) is 0 Å². The van der Waals surface area contributed by atoms with Crippen molar-refractivity contribution in [1.82, 2.24) is 19.3 Å². The van der Waals surface area contributed by atoms with Gasteiger partial charge in [-0.2, -0.15) is 0 Å². The SMILES string of the molecule is COCCN1C(=O)c2ccccc2C(C(=O)N2CCN(C)CC2)C1c1cn(C)c2ccccc12. The third-order valence-corrected chi connectivity index (χ3v) is 7.30. The minimum Gasteiger partial charge on any atom is -0.383 e. The van der Waals surface area contributed by atoms with E-state index >= 15 is 0 Å². The molecule has 7 heteroatoms. The maximum absolute atomic E-state index is 14.2. The zero-order valence-corrected chi connectivity index (χ0v) is 20.1. The van der Waals surface area contributed by atoms with Crippen molar-refractivity contribution >= 4 is 22.7 Å². The molecule has 5 rings (SSSR count). The first-order valence-electron chi connectivity index (χ1n) is 11.9. The van der Waals surface area contributed by atoms with Gasteiger partial charge >= 0.3 is 0 Å². The van der Waals surface area contributed by atoms with Gasteiger partial charge in [0.25, 0.3) is 5.91 Å². The molecule has 3 aromatic rings. The van der Waals surface area contributed by atoms with Gasteiger partial charge in [-0.25, -0.2) is 0 Å². The number of piperazine rings is 1. The van der Waals surface area contributed by atoms with Crippen molar-refractivity contribution in [3.63, 3.8) is 0 Å². The molecule has 2 unspecified atom stereocenters. The Morgan fingerprint density at radius 2 is 1.68 bits per heavy atom. The summed E-state index contributed by atoms with van der Waals surface area (Å²) in [4.78, 5) is 34.0. The molecule has 2 aliphatic rings. The molecule has 0 N–H and O–H groups in total. The van der Waals surface area contributed by atoms with E-state index in [-0.39, 0.29) is 11.8 Å². The summed E-state index contributed by atoms with van der Waals surface area (Å²) in [6.45, 7) is 3.93. The van der Waals surface area contributed by atoms with E-state index in [4.69, 9.17) is 4.74 Å². The van der Waals surface area contributed by atoms with Crippen molar-refractivity contribution in [2.75, 3.05) is 53.5 Å². The van der Waals surface area contributed by atoms with Crippen LogP contribution in [-0.2, 0) is 16.6 Å². The second-order valence-electron chi connectivity index (χ2n) is 9.34. The van der Waals surface area contributed by atoms with Gasteiger partial charge in [-0.15, -0.1) is 0 Å². The van der Waals surface area contributed by atoms with Crippen LogP contribution in [0.15, 0.2) is 54.7 Å². The molecule has 7 nitrogen and oxygen atoms in total. The molecule has 1 saturated heterocycles. The zero-order valence-electron chi connectivity index (χ0n) is 20.1. The van der Waals surface area contributed by atoms with Gasteiger partial charge in [0.2, 0.25) is 5.91 Å². The van der Waals surface area contributed by atoms with Gasteiger partial charge < -0.3 is 24.0 Å². The van der Waals surface area contributed by atoms with Crippen LogP contribution in [0.1, 0.15) is 33.4 Å². The normalized spacial score (nSPS) is 21.2. The minimum absolute atomic E-state index is 0.0481. The lowest BCUT2D eigenvalue weighted by Gasteiger charge is -2.44. The molecular formula is C27H32N4O3. The number of para-hydroxylation sites is 1. The third kappa shape index (κ3) is 3.79. The van der Waals surface area contributed by atoms with Crippen LogP contribution in [0.4, 0.5) is 0 Å². The van der Waals surface area contributed by atoms with Gasteiger partial charge in [0.05, 0.1) is 18.6 Å². The first-order valence-corrected chi connectivity index (χ1v) is 11.9. The maximum atomic E-state index is 14.2. The first-order chi connectivity index (χ1) is 16.5. The molecule has 2 aromatic carbocycles. The summed E-state index contributed by atoms with van der Waals surface area (Å²) in [5.74, 6) is -0.429. The second-order valence-corrected chi connectivity index (χ2v) is 9.34. The lowest BCUT2D eigenvalue weighted by molar-refractivity contribution is -0.136. The largest absolute Gasteiger partial charge is 0.383 e. The van der Waals surface area contributed by atoms with Gasteiger partial charge in [0.15, 0.2) is 0 Å². The van der Waals surface area contributed by atoms with E-state index < -0.39 is 12.0 Å². The van der Waals surface area contributed by atoms with Gasteiger partial charge in [0.1, 0.15) is 0 Å². The lowest BCUT2D eigenvalue weighted by atomic mass is 9.78. The summed E-state index contributed by atoms with van der Waals surface area (Å²) in [7, 11) is 5.74. The molecule has 3 heterocycles. The monoisotopic (exact) mass is 460 g/mol. The highest BCUT2D eigenvalue weighted by atomic mass is 16.5. The highest BCUT2D eigenvalue weighted by molar-refractivity contribution is 6.02. The Bertz CT molecular complexity index is 1210. The van der Waals surface area contributed by atoms with Crippen LogP contribution in [0, 0.1) is 0 Å². The number of amides is 2. The number of carbonyl (C=O) groups is 2. The predicted octanol–water partition coefficient (Wildman–Crippen LogP) is 2.88. The fraction of sp³-hybridized carbons (Fsp3) is 0.407. The van der Waals surface area contributed by atoms with E-state index in [1.54, 1.807) is 7.11 Å². The van der Waals surface area contributed by atoms with Crippen LogP contribution >= 0.6 is 0 Å². The molecule has 0 radical (unpaired) electrons. The van der Waals surface area contributed by atoms with E-state index in [9.17, 15) is 9.59 Å². The number of rotatable bonds is 5. The lowest BCUT2D eigenvalue weighted by Crippen LogP contribution is -2.53. The number of carbonyl (C=O) groups excluding carboxylic acids is 2. The molecule has 0 aliphatic carbocycles. The summed E-state index contributed by atoms with van der Waals surface area (Å²) in [5.41, 5.74) is 3.52. The third-order valence-electron chi connectivity index (χ3n) is 7.30. The molecular weight excluding hydrogens is 428 g/mol.